The van der Waals surface area contributed by atoms with E-state index in [1.54, 1.807) is 25.6 Å². The number of hydrogen-bond acceptors (Lipinski definition) is 8. The van der Waals surface area contributed by atoms with Crippen molar-refractivity contribution in [3.05, 3.63) is 21.6 Å². The van der Waals surface area contributed by atoms with Gasteiger partial charge in [0.15, 0.2) is 9.50 Å². The molecule has 0 atom stereocenters. The lowest BCUT2D eigenvalue weighted by Gasteiger charge is -2.03. The van der Waals surface area contributed by atoms with Gasteiger partial charge in [0.25, 0.3) is 5.56 Å². The van der Waals surface area contributed by atoms with Gasteiger partial charge in [0, 0.05) is 11.3 Å². The number of anilines is 1. The molecular formula is C12H15N5O2S3. The summed E-state index contributed by atoms with van der Waals surface area (Å²) in [7, 11) is 0. The fourth-order valence-electron chi connectivity index (χ4n) is 1.42. The summed E-state index contributed by atoms with van der Waals surface area (Å²) in [5.41, 5.74) is 1.07. The molecule has 118 valence electrons. The van der Waals surface area contributed by atoms with E-state index in [0.717, 1.165) is 10.1 Å². The zero-order chi connectivity index (χ0) is 16.1. The van der Waals surface area contributed by atoms with Crippen molar-refractivity contribution in [2.24, 2.45) is 0 Å². The van der Waals surface area contributed by atoms with Gasteiger partial charge in [0.2, 0.25) is 11.0 Å². The first-order chi connectivity index (χ1) is 10.5. The normalized spacial score (nSPS) is 10.7. The number of nitrogens with one attached hydrogen (secondary N) is 2. The molecular weight excluding hydrogens is 342 g/mol. The average molecular weight is 357 g/mol. The van der Waals surface area contributed by atoms with Crippen molar-refractivity contribution in [3.63, 3.8) is 0 Å². The number of aromatic amines is 1. The molecule has 2 heterocycles. The van der Waals surface area contributed by atoms with E-state index >= 15 is 0 Å². The molecule has 0 saturated carbocycles. The molecule has 0 spiro atoms. The Balaban J connectivity index is 1.91. The average Bonchev–Trinajstić information content (AvgIpc) is 2.90. The van der Waals surface area contributed by atoms with Crippen molar-refractivity contribution in [1.29, 1.82) is 0 Å². The predicted octanol–water partition coefficient (Wildman–Crippen LogP) is 2.08. The highest BCUT2D eigenvalue weighted by Gasteiger charge is 2.10. The molecule has 10 heteroatoms. The number of carbonyl (C=O) groups is 1. The molecule has 0 bridgehead atoms. The van der Waals surface area contributed by atoms with Gasteiger partial charge in [-0.1, -0.05) is 41.8 Å². The number of amides is 1. The van der Waals surface area contributed by atoms with Crippen LogP contribution < -0.4 is 10.9 Å². The van der Waals surface area contributed by atoms with Crippen molar-refractivity contribution in [3.8, 4) is 0 Å². The monoisotopic (exact) mass is 357 g/mol. The third-order valence-electron chi connectivity index (χ3n) is 2.63. The van der Waals surface area contributed by atoms with Crippen LogP contribution in [0.25, 0.3) is 0 Å². The summed E-state index contributed by atoms with van der Waals surface area (Å²) in [4.78, 5) is 30.4. The van der Waals surface area contributed by atoms with Gasteiger partial charge in [-0.15, -0.1) is 10.2 Å². The SMILES string of the molecule is CCSc1nnc(NC(=O)CSc2nc(C)c(C)c(=O)[nH]2)s1. The van der Waals surface area contributed by atoms with E-state index in [1.165, 1.54) is 23.1 Å². The number of rotatable bonds is 6. The lowest BCUT2D eigenvalue weighted by Crippen LogP contribution is -2.17. The molecule has 0 saturated heterocycles. The van der Waals surface area contributed by atoms with Gasteiger partial charge >= 0.3 is 0 Å². The van der Waals surface area contributed by atoms with Crippen LogP contribution in [0.15, 0.2) is 14.3 Å². The molecule has 0 aliphatic rings. The summed E-state index contributed by atoms with van der Waals surface area (Å²) in [5, 5.41) is 11.5. The highest BCUT2D eigenvalue weighted by atomic mass is 32.2. The number of H-pyrrole nitrogens is 1. The van der Waals surface area contributed by atoms with Crippen LogP contribution in [0.1, 0.15) is 18.2 Å². The Morgan fingerprint density at radius 2 is 2.09 bits per heavy atom. The van der Waals surface area contributed by atoms with E-state index in [-0.39, 0.29) is 17.2 Å². The molecule has 0 aliphatic heterocycles. The Kier molecular flexibility index (Phi) is 5.98. The highest BCUT2D eigenvalue weighted by molar-refractivity contribution is 8.01. The van der Waals surface area contributed by atoms with Crippen molar-refractivity contribution < 1.29 is 4.79 Å². The summed E-state index contributed by atoms with van der Waals surface area (Å²) in [5.74, 6) is 0.834. The molecule has 0 unspecified atom stereocenters. The van der Waals surface area contributed by atoms with Crippen molar-refractivity contribution in [2.75, 3.05) is 16.8 Å². The second kappa shape index (κ2) is 7.75. The zero-order valence-electron chi connectivity index (χ0n) is 12.3. The van der Waals surface area contributed by atoms with Crippen LogP contribution in [0.4, 0.5) is 5.13 Å². The van der Waals surface area contributed by atoms with E-state index in [1.807, 2.05) is 6.92 Å². The largest absolute Gasteiger partial charge is 0.301 e. The lowest BCUT2D eigenvalue weighted by molar-refractivity contribution is -0.113. The number of hydrogen-bond donors (Lipinski definition) is 2. The van der Waals surface area contributed by atoms with E-state index < -0.39 is 0 Å². The molecule has 7 nitrogen and oxygen atoms in total. The summed E-state index contributed by atoms with van der Waals surface area (Å²) >= 11 is 4.09. The minimum absolute atomic E-state index is 0.140. The first kappa shape index (κ1) is 17.0. The fourth-order valence-corrected chi connectivity index (χ4v) is 3.79. The van der Waals surface area contributed by atoms with Crippen LogP contribution in [-0.2, 0) is 4.79 Å². The Bertz CT molecular complexity index is 728. The van der Waals surface area contributed by atoms with Crippen LogP contribution >= 0.6 is 34.9 Å². The Hall–Kier alpha value is -1.39. The molecule has 2 rings (SSSR count). The maximum atomic E-state index is 11.9. The second-order valence-corrected chi connectivity index (χ2v) is 7.68. The Morgan fingerprint density at radius 1 is 1.32 bits per heavy atom. The van der Waals surface area contributed by atoms with Crippen molar-refractivity contribution >= 4 is 45.9 Å². The van der Waals surface area contributed by atoms with Crippen molar-refractivity contribution in [1.82, 2.24) is 20.2 Å². The third-order valence-corrected chi connectivity index (χ3v) is 5.36. The second-order valence-electron chi connectivity index (χ2n) is 4.22. The Morgan fingerprint density at radius 3 is 2.77 bits per heavy atom. The van der Waals surface area contributed by atoms with E-state index in [9.17, 15) is 9.59 Å². The van der Waals surface area contributed by atoms with Gasteiger partial charge in [-0.25, -0.2) is 4.98 Å². The molecule has 0 fully saturated rings. The summed E-state index contributed by atoms with van der Waals surface area (Å²) in [6.45, 7) is 5.50. The molecule has 0 radical (unpaired) electrons. The van der Waals surface area contributed by atoms with Gasteiger partial charge in [0.1, 0.15) is 0 Å². The molecule has 2 aromatic heterocycles. The smallest absolute Gasteiger partial charge is 0.254 e. The molecule has 2 aromatic rings. The van der Waals surface area contributed by atoms with Gasteiger partial charge in [-0.2, -0.15) is 0 Å². The molecule has 2 N–H and O–H groups in total. The predicted molar refractivity (Wildman–Crippen MR) is 90.0 cm³/mol. The van der Waals surface area contributed by atoms with Crippen LogP contribution in [0.2, 0.25) is 0 Å². The van der Waals surface area contributed by atoms with E-state index in [4.69, 9.17) is 0 Å². The van der Waals surface area contributed by atoms with Crippen LogP contribution in [0, 0.1) is 13.8 Å². The number of aryl methyl sites for hydroxylation is 1. The van der Waals surface area contributed by atoms with Crippen molar-refractivity contribution in [2.45, 2.75) is 30.3 Å². The molecule has 0 aliphatic carbocycles. The van der Waals surface area contributed by atoms with Gasteiger partial charge in [-0.05, 0) is 19.6 Å². The van der Waals surface area contributed by atoms with Crippen LogP contribution in [0.5, 0.6) is 0 Å². The Labute approximate surface area is 139 Å². The maximum absolute atomic E-state index is 11.9. The standard InChI is InChI=1S/C12H15N5O2S3/c1-4-20-12-17-16-11(22-12)14-8(18)5-21-10-13-7(3)6(2)9(19)15-10/h4-5H2,1-3H3,(H,13,15,19)(H,14,16,18). The van der Waals surface area contributed by atoms with E-state index in [0.29, 0.717) is 21.5 Å². The molecule has 0 aromatic carbocycles. The maximum Gasteiger partial charge on any atom is 0.254 e. The minimum atomic E-state index is -0.213. The first-order valence-corrected chi connectivity index (χ1v) is 9.24. The summed E-state index contributed by atoms with van der Waals surface area (Å²) < 4.78 is 0.825. The van der Waals surface area contributed by atoms with Gasteiger partial charge < -0.3 is 4.98 Å². The summed E-state index contributed by atoms with van der Waals surface area (Å²) in [6, 6.07) is 0. The fraction of sp³-hybridized carbons (Fsp3) is 0.417. The number of aromatic nitrogens is 4. The van der Waals surface area contributed by atoms with E-state index in [2.05, 4.69) is 25.5 Å². The quantitative estimate of drug-likeness (QED) is 0.464. The number of thioether (sulfide) groups is 2. The van der Waals surface area contributed by atoms with Gasteiger partial charge in [0.05, 0.1) is 5.75 Å². The van der Waals surface area contributed by atoms with Crippen LogP contribution in [-0.4, -0.2) is 37.6 Å². The zero-order valence-corrected chi connectivity index (χ0v) is 14.7. The topological polar surface area (TPSA) is 101 Å². The first-order valence-electron chi connectivity index (χ1n) is 6.46. The lowest BCUT2D eigenvalue weighted by atomic mass is 10.3. The summed E-state index contributed by atoms with van der Waals surface area (Å²) in [6.07, 6.45) is 0. The van der Waals surface area contributed by atoms with Crippen LogP contribution in [0.3, 0.4) is 0 Å². The molecule has 1 amide bonds. The minimum Gasteiger partial charge on any atom is -0.301 e. The highest BCUT2D eigenvalue weighted by Crippen LogP contribution is 2.25. The third kappa shape index (κ3) is 4.55. The number of nitrogens with zero attached hydrogens (tertiary/aromatic N) is 3. The number of carbonyl (C=O) groups excluding carboxylic acids is 1. The molecule has 22 heavy (non-hydrogen) atoms. The van der Waals surface area contributed by atoms with Gasteiger partial charge in [-0.3, -0.25) is 14.9 Å².